The summed E-state index contributed by atoms with van der Waals surface area (Å²) in [5.74, 6) is -0.0377. The van der Waals surface area contributed by atoms with Crippen LogP contribution in [0.15, 0.2) is 54.6 Å². The number of nitrogens with one attached hydrogen (secondary N) is 1. The molecule has 2 amide bonds. The number of rotatable bonds is 6. The minimum atomic E-state index is -0.282. The van der Waals surface area contributed by atoms with E-state index in [2.05, 4.69) is 31.3 Å². The molecule has 0 aliphatic carbocycles. The Kier molecular flexibility index (Phi) is 5.71. The SMILES string of the molecule is CCc1ccccc1N1CC(C(=O)NCC(C)c2ccccc2)CC1=O. The molecule has 2 aromatic rings. The Hall–Kier alpha value is -2.62. The van der Waals surface area contributed by atoms with Crippen molar-refractivity contribution >= 4 is 17.5 Å². The molecule has 26 heavy (non-hydrogen) atoms. The van der Waals surface area contributed by atoms with Crippen LogP contribution in [-0.2, 0) is 16.0 Å². The lowest BCUT2D eigenvalue weighted by molar-refractivity contribution is -0.126. The van der Waals surface area contributed by atoms with Crippen LogP contribution in [0, 0.1) is 5.92 Å². The molecule has 0 radical (unpaired) electrons. The van der Waals surface area contributed by atoms with Crippen LogP contribution in [0.4, 0.5) is 5.69 Å². The Morgan fingerprint density at radius 3 is 2.58 bits per heavy atom. The van der Waals surface area contributed by atoms with Gasteiger partial charge < -0.3 is 10.2 Å². The maximum atomic E-state index is 12.6. The fourth-order valence-corrected chi connectivity index (χ4v) is 3.49. The van der Waals surface area contributed by atoms with Crippen LogP contribution in [-0.4, -0.2) is 24.9 Å². The Labute approximate surface area is 155 Å². The molecule has 2 aromatic carbocycles. The molecular formula is C22H26N2O2. The highest BCUT2D eigenvalue weighted by Gasteiger charge is 2.35. The first-order valence-corrected chi connectivity index (χ1v) is 9.31. The zero-order chi connectivity index (χ0) is 18.5. The van der Waals surface area contributed by atoms with Crippen molar-refractivity contribution in [1.29, 1.82) is 0 Å². The van der Waals surface area contributed by atoms with Crippen molar-refractivity contribution in [2.24, 2.45) is 5.92 Å². The lowest BCUT2D eigenvalue weighted by Gasteiger charge is -2.20. The molecule has 4 heteroatoms. The minimum Gasteiger partial charge on any atom is -0.355 e. The van der Waals surface area contributed by atoms with Crippen molar-refractivity contribution in [2.45, 2.75) is 32.6 Å². The number of hydrogen-bond donors (Lipinski definition) is 1. The van der Waals surface area contributed by atoms with Crippen molar-refractivity contribution in [3.05, 3.63) is 65.7 Å². The highest BCUT2D eigenvalue weighted by molar-refractivity contribution is 6.00. The van der Waals surface area contributed by atoms with Gasteiger partial charge in [-0.05, 0) is 29.5 Å². The van der Waals surface area contributed by atoms with E-state index < -0.39 is 0 Å². The summed E-state index contributed by atoms with van der Waals surface area (Å²) in [6.45, 7) is 5.22. The summed E-state index contributed by atoms with van der Waals surface area (Å²) >= 11 is 0. The minimum absolute atomic E-state index is 0.0298. The summed E-state index contributed by atoms with van der Waals surface area (Å²) in [7, 11) is 0. The van der Waals surface area contributed by atoms with Crippen molar-refractivity contribution in [3.8, 4) is 0 Å². The molecule has 4 nitrogen and oxygen atoms in total. The highest BCUT2D eigenvalue weighted by atomic mass is 16.2. The van der Waals surface area contributed by atoms with Crippen LogP contribution in [0.2, 0.25) is 0 Å². The van der Waals surface area contributed by atoms with Gasteiger partial charge in [-0.2, -0.15) is 0 Å². The molecule has 136 valence electrons. The van der Waals surface area contributed by atoms with Gasteiger partial charge in [-0.15, -0.1) is 0 Å². The Bertz CT molecular complexity index is 773. The van der Waals surface area contributed by atoms with E-state index in [9.17, 15) is 9.59 Å². The Balaban J connectivity index is 1.60. The smallest absolute Gasteiger partial charge is 0.227 e. The van der Waals surface area contributed by atoms with Crippen LogP contribution in [0.3, 0.4) is 0 Å². The number of benzene rings is 2. The number of amides is 2. The zero-order valence-corrected chi connectivity index (χ0v) is 15.4. The summed E-state index contributed by atoms with van der Waals surface area (Å²) in [6, 6.07) is 18.1. The van der Waals surface area contributed by atoms with Gasteiger partial charge in [-0.1, -0.05) is 62.4 Å². The fourth-order valence-electron chi connectivity index (χ4n) is 3.49. The number of carbonyl (C=O) groups is 2. The molecule has 1 saturated heterocycles. The fraction of sp³-hybridized carbons (Fsp3) is 0.364. The Morgan fingerprint density at radius 1 is 1.15 bits per heavy atom. The molecule has 0 aromatic heterocycles. The van der Waals surface area contributed by atoms with Gasteiger partial charge in [0.2, 0.25) is 11.8 Å². The molecule has 1 aliphatic heterocycles. The number of carbonyl (C=O) groups excluding carboxylic acids is 2. The zero-order valence-electron chi connectivity index (χ0n) is 15.4. The average molecular weight is 350 g/mol. The van der Waals surface area contributed by atoms with Gasteiger partial charge >= 0.3 is 0 Å². The average Bonchev–Trinajstić information content (AvgIpc) is 3.08. The summed E-state index contributed by atoms with van der Waals surface area (Å²) in [6.07, 6.45) is 1.15. The molecule has 0 spiro atoms. The normalized spacial score (nSPS) is 18.0. The van der Waals surface area contributed by atoms with E-state index in [1.54, 1.807) is 4.90 Å². The molecule has 0 bridgehead atoms. The van der Waals surface area contributed by atoms with Crippen molar-refractivity contribution in [2.75, 3.05) is 18.0 Å². The highest BCUT2D eigenvalue weighted by Crippen LogP contribution is 2.28. The third-order valence-corrected chi connectivity index (χ3v) is 5.11. The first-order chi connectivity index (χ1) is 12.6. The lowest BCUT2D eigenvalue weighted by atomic mass is 10.0. The maximum Gasteiger partial charge on any atom is 0.227 e. The predicted octanol–water partition coefficient (Wildman–Crippen LogP) is 3.52. The largest absolute Gasteiger partial charge is 0.355 e. The first-order valence-electron chi connectivity index (χ1n) is 9.31. The molecule has 1 heterocycles. The number of para-hydroxylation sites is 1. The number of aryl methyl sites for hydroxylation is 1. The van der Waals surface area contributed by atoms with Crippen LogP contribution in [0.25, 0.3) is 0 Å². The number of anilines is 1. The Morgan fingerprint density at radius 2 is 1.85 bits per heavy atom. The summed E-state index contributed by atoms with van der Waals surface area (Å²) in [4.78, 5) is 26.8. The number of nitrogens with zero attached hydrogens (tertiary/aromatic N) is 1. The molecule has 1 N–H and O–H groups in total. The molecule has 1 aliphatic rings. The molecule has 0 saturated carbocycles. The third kappa shape index (κ3) is 3.96. The second-order valence-electron chi connectivity index (χ2n) is 6.94. The van der Waals surface area contributed by atoms with Crippen LogP contribution in [0.1, 0.15) is 37.3 Å². The lowest BCUT2D eigenvalue weighted by Crippen LogP contribution is -2.35. The van der Waals surface area contributed by atoms with Crippen LogP contribution in [0.5, 0.6) is 0 Å². The second kappa shape index (κ2) is 8.17. The van der Waals surface area contributed by atoms with Gasteiger partial charge in [0.15, 0.2) is 0 Å². The van der Waals surface area contributed by atoms with Gasteiger partial charge in [0.05, 0.1) is 5.92 Å². The number of hydrogen-bond acceptors (Lipinski definition) is 2. The summed E-state index contributed by atoms with van der Waals surface area (Å²) in [5.41, 5.74) is 3.28. The quantitative estimate of drug-likeness (QED) is 0.866. The molecular weight excluding hydrogens is 324 g/mol. The van der Waals surface area contributed by atoms with E-state index in [0.29, 0.717) is 13.1 Å². The van der Waals surface area contributed by atoms with Gasteiger partial charge in [-0.3, -0.25) is 9.59 Å². The summed E-state index contributed by atoms with van der Waals surface area (Å²) < 4.78 is 0. The van der Waals surface area contributed by atoms with E-state index in [-0.39, 0.29) is 30.1 Å². The van der Waals surface area contributed by atoms with E-state index in [0.717, 1.165) is 17.7 Å². The molecule has 3 rings (SSSR count). The maximum absolute atomic E-state index is 12.6. The van der Waals surface area contributed by atoms with Crippen molar-refractivity contribution in [3.63, 3.8) is 0 Å². The first kappa shape index (κ1) is 18.2. The standard InChI is InChI=1S/C22H26N2O2/c1-3-17-9-7-8-12-20(17)24-15-19(13-21(24)25)22(26)23-14-16(2)18-10-5-4-6-11-18/h4-12,16,19H,3,13-15H2,1-2H3,(H,23,26). The van der Waals surface area contributed by atoms with Gasteiger partial charge in [0, 0.05) is 25.2 Å². The topological polar surface area (TPSA) is 49.4 Å². The van der Waals surface area contributed by atoms with E-state index >= 15 is 0 Å². The monoisotopic (exact) mass is 350 g/mol. The van der Waals surface area contributed by atoms with E-state index in [4.69, 9.17) is 0 Å². The molecule has 2 atom stereocenters. The van der Waals surface area contributed by atoms with Gasteiger partial charge in [0.25, 0.3) is 0 Å². The third-order valence-electron chi connectivity index (χ3n) is 5.11. The molecule has 2 unspecified atom stereocenters. The predicted molar refractivity (Wildman–Crippen MR) is 104 cm³/mol. The summed E-state index contributed by atoms with van der Waals surface area (Å²) in [5, 5.41) is 3.03. The molecule has 1 fully saturated rings. The second-order valence-corrected chi connectivity index (χ2v) is 6.94. The van der Waals surface area contributed by atoms with E-state index in [1.165, 1.54) is 5.56 Å². The van der Waals surface area contributed by atoms with Crippen LogP contribution < -0.4 is 10.2 Å². The van der Waals surface area contributed by atoms with Crippen molar-refractivity contribution < 1.29 is 9.59 Å². The van der Waals surface area contributed by atoms with Crippen molar-refractivity contribution in [1.82, 2.24) is 5.32 Å². The van der Waals surface area contributed by atoms with Gasteiger partial charge in [-0.25, -0.2) is 0 Å². The van der Waals surface area contributed by atoms with E-state index in [1.807, 2.05) is 42.5 Å². The van der Waals surface area contributed by atoms with Gasteiger partial charge in [0.1, 0.15) is 0 Å². The van der Waals surface area contributed by atoms with Crippen LogP contribution >= 0.6 is 0 Å².